The van der Waals surface area contributed by atoms with E-state index in [0.717, 1.165) is 28.2 Å². The van der Waals surface area contributed by atoms with Gasteiger partial charge in [-0.25, -0.2) is 13.8 Å². The number of hydrogen-bond acceptors (Lipinski definition) is 5. The Hall–Kier alpha value is -2.81. The third kappa shape index (κ3) is 5.32. The second-order valence-corrected chi connectivity index (χ2v) is 8.39. The van der Waals surface area contributed by atoms with Gasteiger partial charge in [-0.15, -0.1) is 12.4 Å². The first-order valence-corrected chi connectivity index (χ1v) is 10.5. The number of rotatable bonds is 7. The summed E-state index contributed by atoms with van der Waals surface area (Å²) in [5, 5.41) is 2.41. The van der Waals surface area contributed by atoms with Crippen LogP contribution in [0.15, 0.2) is 54.6 Å². The molecule has 0 unspecified atom stereocenters. The molecule has 4 aromatic rings. The van der Waals surface area contributed by atoms with Gasteiger partial charge in [0.2, 0.25) is 0 Å². The summed E-state index contributed by atoms with van der Waals surface area (Å²) in [6.45, 7) is 0.726. The lowest BCUT2D eigenvalue weighted by molar-refractivity contribution is -0.120. The third-order valence-corrected chi connectivity index (χ3v) is 5.81. The van der Waals surface area contributed by atoms with Crippen molar-refractivity contribution < 1.29 is 18.3 Å². The van der Waals surface area contributed by atoms with Crippen molar-refractivity contribution in [3.63, 3.8) is 0 Å². The van der Waals surface area contributed by atoms with Gasteiger partial charge in [-0.1, -0.05) is 41.7 Å². The van der Waals surface area contributed by atoms with E-state index in [4.69, 9.17) is 4.74 Å². The Labute approximate surface area is 194 Å². The van der Waals surface area contributed by atoms with Crippen molar-refractivity contribution in [1.82, 2.24) is 9.88 Å². The summed E-state index contributed by atoms with van der Waals surface area (Å²) in [7, 11) is 3.78. The number of hydrogen-bond donors (Lipinski definition) is 0. The van der Waals surface area contributed by atoms with Crippen LogP contribution in [0.25, 0.3) is 21.0 Å². The van der Waals surface area contributed by atoms with Crippen LogP contribution >= 0.6 is 23.7 Å². The smallest absolute Gasteiger partial charge is 0.266 e. The number of fused-ring (bicyclic) bond motifs is 2. The first kappa shape index (κ1) is 23.8. The highest BCUT2D eigenvalue weighted by molar-refractivity contribution is 7.22. The molecule has 0 saturated carbocycles. The SMILES string of the molecule is CN(C)CCN(C(=O)COc1ccc2ccccc2c1)c1nc2c(F)cc(F)cc2s1.Cl. The molecule has 9 heteroatoms. The van der Waals surface area contributed by atoms with Crippen molar-refractivity contribution in [2.24, 2.45) is 0 Å². The lowest BCUT2D eigenvalue weighted by Crippen LogP contribution is -2.39. The average molecular weight is 478 g/mol. The van der Waals surface area contributed by atoms with Crippen molar-refractivity contribution in [2.75, 3.05) is 38.7 Å². The van der Waals surface area contributed by atoms with Crippen LogP contribution < -0.4 is 9.64 Å². The minimum Gasteiger partial charge on any atom is -0.484 e. The largest absolute Gasteiger partial charge is 0.484 e. The first-order chi connectivity index (χ1) is 14.9. The lowest BCUT2D eigenvalue weighted by Gasteiger charge is -2.22. The Bertz CT molecular complexity index is 1250. The fourth-order valence-corrected chi connectivity index (χ4v) is 4.22. The molecule has 0 aliphatic rings. The number of amides is 1. The fraction of sp³-hybridized carbons (Fsp3) is 0.217. The van der Waals surface area contributed by atoms with E-state index in [9.17, 15) is 13.6 Å². The molecule has 0 fully saturated rings. The summed E-state index contributed by atoms with van der Waals surface area (Å²) < 4.78 is 33.8. The zero-order valence-corrected chi connectivity index (χ0v) is 19.2. The Morgan fingerprint density at radius 3 is 2.53 bits per heavy atom. The predicted octanol–water partition coefficient (Wildman–Crippen LogP) is 5.12. The Morgan fingerprint density at radius 2 is 1.78 bits per heavy atom. The molecule has 0 saturated heterocycles. The van der Waals surface area contributed by atoms with Gasteiger partial charge < -0.3 is 9.64 Å². The van der Waals surface area contributed by atoms with E-state index >= 15 is 0 Å². The number of benzene rings is 3. The van der Waals surface area contributed by atoms with E-state index in [1.54, 1.807) is 0 Å². The number of likely N-dealkylation sites (N-methyl/N-ethyl adjacent to an activating group) is 1. The number of halogens is 3. The topological polar surface area (TPSA) is 45.7 Å². The molecule has 1 heterocycles. The molecule has 0 N–H and O–H groups in total. The minimum absolute atomic E-state index is 0. The summed E-state index contributed by atoms with van der Waals surface area (Å²) in [5.41, 5.74) is 0.0551. The maximum absolute atomic E-state index is 14.1. The van der Waals surface area contributed by atoms with Gasteiger partial charge in [0.1, 0.15) is 17.1 Å². The number of ether oxygens (including phenoxy) is 1. The zero-order valence-electron chi connectivity index (χ0n) is 17.5. The molecular weight excluding hydrogens is 456 g/mol. The highest BCUT2D eigenvalue weighted by Crippen LogP contribution is 2.31. The monoisotopic (exact) mass is 477 g/mol. The van der Waals surface area contributed by atoms with E-state index in [-0.39, 0.29) is 30.4 Å². The average Bonchev–Trinajstić information content (AvgIpc) is 3.16. The van der Waals surface area contributed by atoms with Gasteiger partial charge >= 0.3 is 0 Å². The zero-order chi connectivity index (χ0) is 22.0. The predicted molar refractivity (Wildman–Crippen MR) is 127 cm³/mol. The van der Waals surface area contributed by atoms with E-state index in [1.165, 1.54) is 11.0 Å². The number of aromatic nitrogens is 1. The molecule has 4 rings (SSSR count). The van der Waals surface area contributed by atoms with E-state index in [2.05, 4.69) is 4.98 Å². The molecular formula is C23H22ClF2N3O2S. The highest BCUT2D eigenvalue weighted by Gasteiger charge is 2.22. The second kappa shape index (κ2) is 10.2. The van der Waals surface area contributed by atoms with Crippen molar-refractivity contribution in [2.45, 2.75) is 0 Å². The molecule has 3 aromatic carbocycles. The van der Waals surface area contributed by atoms with Gasteiger partial charge in [0, 0.05) is 19.2 Å². The quantitative estimate of drug-likeness (QED) is 0.370. The molecule has 0 radical (unpaired) electrons. The number of carbonyl (C=O) groups is 1. The standard InChI is InChI=1S/C23H21F2N3O2S.ClH/c1-27(2)9-10-28(23-26-22-19(25)12-17(24)13-20(22)31-23)21(29)14-30-18-8-7-15-5-3-4-6-16(15)11-18;/h3-8,11-13H,9-10,14H2,1-2H3;1H. The van der Waals surface area contributed by atoms with Gasteiger partial charge in [-0.2, -0.15) is 0 Å². The molecule has 0 aliphatic heterocycles. The summed E-state index contributed by atoms with van der Waals surface area (Å²) in [6.07, 6.45) is 0. The van der Waals surface area contributed by atoms with Gasteiger partial charge in [-0.05, 0) is 43.1 Å². The van der Waals surface area contributed by atoms with Gasteiger partial charge in [0.15, 0.2) is 17.6 Å². The van der Waals surface area contributed by atoms with Crippen LogP contribution in [0.5, 0.6) is 5.75 Å². The van der Waals surface area contributed by atoms with Crippen LogP contribution in [0.1, 0.15) is 0 Å². The number of carbonyl (C=O) groups excluding carboxylic acids is 1. The Balaban J connectivity index is 0.00000289. The van der Waals surface area contributed by atoms with Gasteiger partial charge in [0.05, 0.1) is 4.70 Å². The fourth-order valence-electron chi connectivity index (χ4n) is 3.17. The van der Waals surface area contributed by atoms with E-state index in [0.29, 0.717) is 28.7 Å². The second-order valence-electron chi connectivity index (χ2n) is 7.38. The maximum atomic E-state index is 14.1. The normalized spacial score (nSPS) is 11.0. The molecule has 0 aliphatic carbocycles. The van der Waals surface area contributed by atoms with Gasteiger partial charge in [-0.3, -0.25) is 9.69 Å². The summed E-state index contributed by atoms with van der Waals surface area (Å²) >= 11 is 1.08. The lowest BCUT2D eigenvalue weighted by atomic mass is 10.1. The molecule has 1 amide bonds. The van der Waals surface area contributed by atoms with Gasteiger partial charge in [0.25, 0.3) is 5.91 Å². The maximum Gasteiger partial charge on any atom is 0.266 e. The van der Waals surface area contributed by atoms with Crippen molar-refractivity contribution in [1.29, 1.82) is 0 Å². The van der Waals surface area contributed by atoms with E-state index < -0.39 is 11.6 Å². The number of anilines is 1. The van der Waals surface area contributed by atoms with Crippen molar-refractivity contribution >= 4 is 55.8 Å². The molecule has 0 atom stereocenters. The molecule has 0 spiro atoms. The number of nitrogens with zero attached hydrogens (tertiary/aromatic N) is 3. The van der Waals surface area contributed by atoms with Crippen LogP contribution in [0.4, 0.5) is 13.9 Å². The van der Waals surface area contributed by atoms with Crippen LogP contribution in [-0.2, 0) is 4.79 Å². The first-order valence-electron chi connectivity index (χ1n) is 9.73. The molecule has 0 bridgehead atoms. The Morgan fingerprint density at radius 1 is 1.03 bits per heavy atom. The highest BCUT2D eigenvalue weighted by atomic mass is 35.5. The summed E-state index contributed by atoms with van der Waals surface area (Å²) in [4.78, 5) is 20.6. The van der Waals surface area contributed by atoms with E-state index in [1.807, 2.05) is 61.5 Å². The Kier molecular flexibility index (Phi) is 7.60. The molecule has 5 nitrogen and oxygen atoms in total. The van der Waals surface area contributed by atoms with Crippen LogP contribution in [-0.4, -0.2) is 49.6 Å². The molecule has 1 aromatic heterocycles. The molecule has 32 heavy (non-hydrogen) atoms. The summed E-state index contributed by atoms with van der Waals surface area (Å²) in [5.74, 6) is -1.15. The number of thiazole rings is 1. The van der Waals surface area contributed by atoms with Crippen molar-refractivity contribution in [3.8, 4) is 5.75 Å². The van der Waals surface area contributed by atoms with Crippen LogP contribution in [0.2, 0.25) is 0 Å². The van der Waals surface area contributed by atoms with Crippen molar-refractivity contribution in [3.05, 3.63) is 66.2 Å². The van der Waals surface area contributed by atoms with Crippen LogP contribution in [0, 0.1) is 11.6 Å². The molecule has 168 valence electrons. The third-order valence-electron chi connectivity index (χ3n) is 4.79. The summed E-state index contributed by atoms with van der Waals surface area (Å²) in [6, 6.07) is 15.5. The van der Waals surface area contributed by atoms with Crippen LogP contribution in [0.3, 0.4) is 0 Å². The minimum atomic E-state index is -0.745.